The maximum Gasteiger partial charge on any atom is 0.494 e. The fourth-order valence-electron chi connectivity index (χ4n) is 3.01. The Balaban J connectivity index is 1.73. The van der Waals surface area contributed by atoms with Gasteiger partial charge in [0.1, 0.15) is 0 Å². The highest BCUT2D eigenvalue weighted by Gasteiger charge is 2.51. The Bertz CT molecular complexity index is 598. The van der Waals surface area contributed by atoms with Gasteiger partial charge in [-0.2, -0.15) is 0 Å². The third kappa shape index (κ3) is 3.05. The van der Waals surface area contributed by atoms with Crippen molar-refractivity contribution in [1.82, 2.24) is 4.90 Å². The third-order valence-electron chi connectivity index (χ3n) is 5.42. The van der Waals surface area contributed by atoms with E-state index in [0.29, 0.717) is 6.61 Å². The molecule has 1 atom stereocenters. The van der Waals surface area contributed by atoms with Gasteiger partial charge in [-0.1, -0.05) is 24.3 Å². The summed E-state index contributed by atoms with van der Waals surface area (Å²) in [6.45, 7) is 11.5. The smallest absolute Gasteiger partial charge is 0.449 e. The Labute approximate surface area is 144 Å². The molecule has 1 amide bonds. The Morgan fingerprint density at radius 1 is 1.08 bits per heavy atom. The van der Waals surface area contributed by atoms with E-state index in [9.17, 15) is 4.79 Å². The summed E-state index contributed by atoms with van der Waals surface area (Å²) in [7, 11) is -0.362. The van der Waals surface area contributed by atoms with Crippen LogP contribution in [0.5, 0.6) is 0 Å². The molecule has 1 aromatic rings. The zero-order valence-corrected chi connectivity index (χ0v) is 15.2. The van der Waals surface area contributed by atoms with E-state index in [2.05, 4.69) is 0 Å². The second kappa shape index (κ2) is 6.08. The molecule has 0 spiro atoms. The molecule has 2 heterocycles. The van der Waals surface area contributed by atoms with Crippen LogP contribution in [0.2, 0.25) is 0 Å². The third-order valence-corrected chi connectivity index (χ3v) is 5.42. The van der Waals surface area contributed by atoms with Crippen molar-refractivity contribution in [3.05, 3.63) is 29.8 Å². The van der Waals surface area contributed by atoms with Crippen LogP contribution in [0, 0.1) is 0 Å². The highest BCUT2D eigenvalue weighted by atomic mass is 16.7. The van der Waals surface area contributed by atoms with Crippen molar-refractivity contribution >= 4 is 18.7 Å². The first-order valence-electron chi connectivity index (χ1n) is 8.60. The zero-order valence-electron chi connectivity index (χ0n) is 15.2. The Hall–Kier alpha value is -1.53. The topological polar surface area (TPSA) is 48.0 Å². The average Bonchev–Trinajstić information content (AvgIpc) is 2.75. The molecule has 2 aliphatic heterocycles. The summed E-state index contributed by atoms with van der Waals surface area (Å²) >= 11 is 0. The molecule has 3 rings (SSSR count). The summed E-state index contributed by atoms with van der Waals surface area (Å²) in [5, 5.41) is 0. The summed E-state index contributed by atoms with van der Waals surface area (Å²) in [6.07, 6.45) is 0.644. The lowest BCUT2D eigenvalue weighted by Crippen LogP contribution is -2.41. The van der Waals surface area contributed by atoms with Crippen LogP contribution >= 0.6 is 0 Å². The molecule has 0 unspecified atom stereocenters. The number of ether oxygens (including phenoxy) is 1. The second-order valence-corrected chi connectivity index (χ2v) is 7.59. The second-order valence-electron chi connectivity index (χ2n) is 7.59. The van der Waals surface area contributed by atoms with Crippen molar-refractivity contribution in [3.8, 4) is 0 Å². The van der Waals surface area contributed by atoms with Gasteiger partial charge in [-0.05, 0) is 52.1 Å². The van der Waals surface area contributed by atoms with Gasteiger partial charge >= 0.3 is 13.2 Å². The van der Waals surface area contributed by atoms with Gasteiger partial charge in [-0.15, -0.1) is 0 Å². The molecule has 6 heteroatoms. The number of benzene rings is 1. The highest BCUT2D eigenvalue weighted by molar-refractivity contribution is 6.62. The number of rotatable bonds is 3. The first-order valence-corrected chi connectivity index (χ1v) is 8.60. The van der Waals surface area contributed by atoms with E-state index >= 15 is 0 Å². The maximum absolute atomic E-state index is 11.9. The summed E-state index contributed by atoms with van der Waals surface area (Å²) < 4.78 is 17.3. The van der Waals surface area contributed by atoms with E-state index in [1.807, 2.05) is 58.9 Å². The predicted molar refractivity (Wildman–Crippen MR) is 93.2 cm³/mol. The monoisotopic (exact) mass is 331 g/mol. The standard InChI is InChI=1S/C18H26BNO4/c1-13(20-11-6-12-22-16(20)21)14-7-9-15(10-8-14)19-23-17(2,3)18(4,5)24-19/h7-10,13H,6,11-12H2,1-5H3/t13-/m0/s1. The minimum Gasteiger partial charge on any atom is -0.449 e. The molecule has 0 saturated carbocycles. The molecule has 2 fully saturated rings. The molecule has 130 valence electrons. The Morgan fingerprint density at radius 3 is 2.21 bits per heavy atom. The van der Waals surface area contributed by atoms with Gasteiger partial charge in [0.2, 0.25) is 0 Å². The van der Waals surface area contributed by atoms with Gasteiger partial charge < -0.3 is 18.9 Å². The molecule has 0 N–H and O–H groups in total. The number of carbonyl (C=O) groups excluding carboxylic acids is 1. The van der Waals surface area contributed by atoms with E-state index in [1.54, 1.807) is 4.90 Å². The number of cyclic esters (lactones) is 1. The van der Waals surface area contributed by atoms with Crippen LogP contribution < -0.4 is 5.46 Å². The van der Waals surface area contributed by atoms with Gasteiger partial charge in [-0.3, -0.25) is 0 Å². The van der Waals surface area contributed by atoms with Gasteiger partial charge in [0.25, 0.3) is 0 Å². The number of carbonyl (C=O) groups is 1. The number of hydrogen-bond donors (Lipinski definition) is 0. The van der Waals surface area contributed by atoms with E-state index in [0.717, 1.165) is 24.0 Å². The summed E-state index contributed by atoms with van der Waals surface area (Å²) in [6, 6.07) is 8.09. The van der Waals surface area contributed by atoms with Crippen LogP contribution in [-0.2, 0) is 14.0 Å². The maximum atomic E-state index is 11.9. The summed E-state index contributed by atoms with van der Waals surface area (Å²) in [4.78, 5) is 13.7. The van der Waals surface area contributed by atoms with Crippen molar-refractivity contribution in [1.29, 1.82) is 0 Å². The number of amides is 1. The largest absolute Gasteiger partial charge is 0.494 e. The Morgan fingerprint density at radius 2 is 1.67 bits per heavy atom. The quantitative estimate of drug-likeness (QED) is 0.799. The molecule has 2 aliphatic rings. The lowest BCUT2D eigenvalue weighted by molar-refractivity contribution is 0.00578. The van der Waals surface area contributed by atoms with E-state index in [4.69, 9.17) is 14.0 Å². The van der Waals surface area contributed by atoms with Crippen LogP contribution in [0.4, 0.5) is 4.79 Å². The van der Waals surface area contributed by atoms with Gasteiger partial charge in [0, 0.05) is 6.54 Å². The first kappa shape index (κ1) is 17.3. The molecule has 0 aliphatic carbocycles. The lowest BCUT2D eigenvalue weighted by atomic mass is 9.78. The van der Waals surface area contributed by atoms with Crippen LogP contribution in [0.25, 0.3) is 0 Å². The van der Waals surface area contributed by atoms with Crippen molar-refractivity contribution < 1.29 is 18.8 Å². The van der Waals surface area contributed by atoms with Crippen molar-refractivity contribution in [2.45, 2.75) is 58.3 Å². The lowest BCUT2D eigenvalue weighted by Gasteiger charge is -2.32. The van der Waals surface area contributed by atoms with Crippen molar-refractivity contribution in [3.63, 3.8) is 0 Å². The first-order chi connectivity index (χ1) is 11.2. The fourth-order valence-corrected chi connectivity index (χ4v) is 3.01. The molecule has 0 aromatic heterocycles. The normalized spacial score (nSPS) is 24.0. The molecular weight excluding hydrogens is 305 g/mol. The molecule has 5 nitrogen and oxygen atoms in total. The summed E-state index contributed by atoms with van der Waals surface area (Å²) in [5.74, 6) is 0. The molecule has 0 bridgehead atoms. The average molecular weight is 331 g/mol. The SMILES string of the molecule is C[C@@H](c1ccc(B2OC(C)(C)C(C)(C)O2)cc1)N1CCCOC1=O. The highest BCUT2D eigenvalue weighted by Crippen LogP contribution is 2.36. The summed E-state index contributed by atoms with van der Waals surface area (Å²) in [5.41, 5.74) is 1.38. The molecule has 24 heavy (non-hydrogen) atoms. The molecular formula is C18H26BNO4. The number of hydrogen-bond acceptors (Lipinski definition) is 4. The molecule has 1 aromatic carbocycles. The Kier molecular flexibility index (Phi) is 4.38. The fraction of sp³-hybridized carbons (Fsp3) is 0.611. The van der Waals surface area contributed by atoms with Gasteiger partial charge in [-0.25, -0.2) is 4.79 Å². The van der Waals surface area contributed by atoms with Crippen LogP contribution in [-0.4, -0.2) is 42.5 Å². The van der Waals surface area contributed by atoms with Gasteiger partial charge in [0.05, 0.1) is 23.9 Å². The minimum atomic E-state index is -0.362. The minimum absolute atomic E-state index is 0.00912. The van der Waals surface area contributed by atoms with E-state index in [-0.39, 0.29) is 30.5 Å². The van der Waals surface area contributed by atoms with E-state index in [1.165, 1.54) is 0 Å². The predicted octanol–water partition coefficient (Wildman–Crippen LogP) is 2.89. The van der Waals surface area contributed by atoms with Crippen molar-refractivity contribution in [2.24, 2.45) is 0 Å². The zero-order chi connectivity index (χ0) is 17.5. The van der Waals surface area contributed by atoms with Crippen molar-refractivity contribution in [2.75, 3.05) is 13.2 Å². The van der Waals surface area contributed by atoms with E-state index < -0.39 is 0 Å². The molecule has 2 saturated heterocycles. The van der Waals surface area contributed by atoms with Crippen LogP contribution in [0.15, 0.2) is 24.3 Å². The van der Waals surface area contributed by atoms with Gasteiger partial charge in [0.15, 0.2) is 0 Å². The number of nitrogens with zero attached hydrogens (tertiary/aromatic N) is 1. The van der Waals surface area contributed by atoms with Crippen LogP contribution in [0.3, 0.4) is 0 Å². The molecule has 0 radical (unpaired) electrons. The van der Waals surface area contributed by atoms with Crippen LogP contribution in [0.1, 0.15) is 52.6 Å².